The molecule has 1 aliphatic heterocycles. The number of amides is 2. The van der Waals surface area contributed by atoms with Crippen molar-refractivity contribution >= 4 is 16.8 Å². The molecular formula is C42H54N2O7. The Labute approximate surface area is 303 Å². The smallest absolute Gasteiger partial charge is 0.321 e. The van der Waals surface area contributed by atoms with Gasteiger partial charge >= 0.3 is 6.03 Å². The lowest BCUT2D eigenvalue weighted by atomic mass is 9.90. The highest BCUT2D eigenvalue weighted by atomic mass is 16.7. The van der Waals surface area contributed by atoms with Gasteiger partial charge in [-0.25, -0.2) is 4.79 Å². The second-order valence-electron chi connectivity index (χ2n) is 13.0. The van der Waals surface area contributed by atoms with Crippen LogP contribution in [-0.4, -0.2) is 101 Å². The summed E-state index contributed by atoms with van der Waals surface area (Å²) in [5.41, 5.74) is 3.26. The van der Waals surface area contributed by atoms with Gasteiger partial charge in [-0.15, -0.1) is 0 Å². The van der Waals surface area contributed by atoms with Gasteiger partial charge in [-0.2, -0.15) is 0 Å². The Morgan fingerprint density at radius 3 is 1.67 bits per heavy atom. The molecule has 1 heterocycles. The molecule has 0 aliphatic carbocycles. The zero-order valence-corrected chi connectivity index (χ0v) is 30.4. The molecule has 51 heavy (non-hydrogen) atoms. The molecule has 4 aromatic carbocycles. The van der Waals surface area contributed by atoms with Gasteiger partial charge in [0.2, 0.25) is 0 Å². The maximum absolute atomic E-state index is 15.3. The van der Waals surface area contributed by atoms with E-state index in [0.717, 1.165) is 40.3 Å². The fraction of sp³-hybridized carbons (Fsp3) is 0.452. The first-order valence-corrected chi connectivity index (χ1v) is 18.1. The highest BCUT2D eigenvalue weighted by Gasteiger charge is 2.49. The van der Waals surface area contributed by atoms with Crippen LogP contribution in [-0.2, 0) is 47.8 Å². The van der Waals surface area contributed by atoms with Gasteiger partial charge in [-0.3, -0.25) is 0 Å². The van der Waals surface area contributed by atoms with Crippen LogP contribution in [0, 0.1) is 0 Å². The number of unbranched alkanes of at least 4 members (excludes halogenated alkanes) is 1. The van der Waals surface area contributed by atoms with Gasteiger partial charge in [0.25, 0.3) is 0 Å². The molecule has 0 saturated carbocycles. The zero-order valence-electron chi connectivity index (χ0n) is 30.4. The van der Waals surface area contributed by atoms with Crippen LogP contribution in [0.5, 0.6) is 0 Å². The van der Waals surface area contributed by atoms with E-state index in [1.54, 1.807) is 14.2 Å². The van der Waals surface area contributed by atoms with Crippen molar-refractivity contribution in [3.05, 3.63) is 120 Å². The lowest BCUT2D eigenvalue weighted by molar-refractivity contribution is -0.191. The molecule has 4 aromatic rings. The summed E-state index contributed by atoms with van der Waals surface area (Å²) in [6.07, 6.45) is 1.84. The molecule has 1 saturated heterocycles. The maximum Gasteiger partial charge on any atom is 0.321 e. The highest BCUT2D eigenvalue weighted by molar-refractivity contribution is 5.83. The second kappa shape index (κ2) is 20.9. The summed E-state index contributed by atoms with van der Waals surface area (Å²) >= 11 is 0. The fourth-order valence-electron chi connectivity index (χ4n) is 6.78. The molecule has 0 unspecified atom stereocenters. The number of rotatable bonds is 21. The summed E-state index contributed by atoms with van der Waals surface area (Å²) in [6, 6.07) is 34.6. The summed E-state index contributed by atoms with van der Waals surface area (Å²) < 4.78 is 35.9. The minimum Gasteiger partial charge on any atom is -0.382 e. The SMILES string of the molecule is CCCCN1C(=O)N(Cc2ccc3ccccc3c2)[C@H](Cc2ccccc2)[C@H](OCOCCOC)[C@@H](OCOCCOC)[C@H]1Cc1ccccc1. The van der Waals surface area contributed by atoms with Gasteiger partial charge in [0, 0.05) is 27.3 Å². The number of nitrogens with zero attached hydrogens (tertiary/aromatic N) is 2. The molecule has 1 fully saturated rings. The molecule has 274 valence electrons. The van der Waals surface area contributed by atoms with Crippen LogP contribution >= 0.6 is 0 Å². The van der Waals surface area contributed by atoms with Crippen molar-refractivity contribution in [2.45, 2.75) is 63.4 Å². The van der Waals surface area contributed by atoms with E-state index in [9.17, 15) is 0 Å². The summed E-state index contributed by atoms with van der Waals surface area (Å²) in [6.45, 7) is 4.86. The van der Waals surface area contributed by atoms with Crippen molar-refractivity contribution < 1.29 is 33.2 Å². The van der Waals surface area contributed by atoms with Gasteiger partial charge in [0.1, 0.15) is 25.8 Å². The number of carbonyl (C=O) groups excluding carboxylic acids is 1. The minimum absolute atomic E-state index is 0.0225. The van der Waals surface area contributed by atoms with Crippen molar-refractivity contribution in [1.82, 2.24) is 9.80 Å². The molecule has 1 aliphatic rings. The third-order valence-electron chi connectivity index (χ3n) is 9.42. The lowest BCUT2D eigenvalue weighted by Gasteiger charge is -2.38. The standard InChI is InChI=1S/C42H54N2O7/c1-4-5-22-43-38(28-33-14-8-6-9-15-33)40(50-31-48-25-23-46-2)41(51-32-49-26-24-47-3)39(29-34-16-10-7-11-17-34)44(42(43)45)30-35-20-21-36-18-12-13-19-37(36)27-35/h6-21,27,38-41H,4-5,22-26,28-32H2,1-3H3/t38-,39-,40+,41+/m1/s1. The Kier molecular flexibility index (Phi) is 15.7. The van der Waals surface area contributed by atoms with Crippen molar-refractivity contribution in [2.24, 2.45) is 0 Å². The van der Waals surface area contributed by atoms with Crippen LogP contribution in [0.1, 0.15) is 36.5 Å². The van der Waals surface area contributed by atoms with Crippen LogP contribution < -0.4 is 0 Å². The number of hydrogen-bond donors (Lipinski definition) is 0. The number of fused-ring (bicyclic) bond motifs is 1. The average molecular weight is 699 g/mol. The number of urea groups is 1. The van der Waals surface area contributed by atoms with Crippen LogP contribution in [0.3, 0.4) is 0 Å². The van der Waals surface area contributed by atoms with Crippen molar-refractivity contribution in [2.75, 3.05) is 60.8 Å². The molecule has 2 amide bonds. The predicted molar refractivity (Wildman–Crippen MR) is 200 cm³/mol. The third kappa shape index (κ3) is 11.1. The van der Waals surface area contributed by atoms with Crippen LogP contribution in [0.4, 0.5) is 4.79 Å². The molecule has 9 nitrogen and oxygen atoms in total. The largest absolute Gasteiger partial charge is 0.382 e. The molecule has 0 aromatic heterocycles. The van der Waals surface area contributed by atoms with Gasteiger partial charge in [-0.1, -0.05) is 110 Å². The molecule has 0 radical (unpaired) electrons. The van der Waals surface area contributed by atoms with Crippen LogP contribution in [0.15, 0.2) is 103 Å². The van der Waals surface area contributed by atoms with E-state index in [-0.39, 0.29) is 25.7 Å². The van der Waals surface area contributed by atoms with E-state index in [0.29, 0.717) is 52.4 Å². The fourth-order valence-corrected chi connectivity index (χ4v) is 6.78. The summed E-state index contributed by atoms with van der Waals surface area (Å²) in [5, 5.41) is 2.29. The molecule has 0 bridgehead atoms. The lowest BCUT2D eigenvalue weighted by Crippen LogP contribution is -2.53. The first-order chi connectivity index (χ1) is 25.1. The third-order valence-corrected chi connectivity index (χ3v) is 9.42. The highest BCUT2D eigenvalue weighted by Crippen LogP contribution is 2.33. The predicted octanol–water partition coefficient (Wildman–Crippen LogP) is 7.11. The minimum atomic E-state index is -0.566. The van der Waals surface area contributed by atoms with Gasteiger partial charge in [0.05, 0.1) is 38.5 Å². The Morgan fingerprint density at radius 1 is 0.588 bits per heavy atom. The summed E-state index contributed by atoms with van der Waals surface area (Å²) in [5.74, 6) is 0. The number of methoxy groups -OCH3 is 2. The van der Waals surface area contributed by atoms with E-state index in [2.05, 4.69) is 61.5 Å². The Bertz CT molecular complexity index is 1570. The Balaban J connectivity index is 1.62. The van der Waals surface area contributed by atoms with E-state index in [1.165, 1.54) is 0 Å². The Morgan fingerprint density at radius 2 is 1.12 bits per heavy atom. The van der Waals surface area contributed by atoms with Gasteiger partial charge in [0.15, 0.2) is 0 Å². The van der Waals surface area contributed by atoms with E-state index in [4.69, 9.17) is 28.4 Å². The molecule has 9 heteroatoms. The molecule has 0 N–H and O–H groups in total. The van der Waals surface area contributed by atoms with Crippen LogP contribution in [0.2, 0.25) is 0 Å². The quantitative estimate of drug-likeness (QED) is 0.0678. The van der Waals surface area contributed by atoms with Crippen LogP contribution in [0.25, 0.3) is 10.8 Å². The zero-order chi connectivity index (χ0) is 35.7. The maximum atomic E-state index is 15.3. The monoisotopic (exact) mass is 698 g/mol. The van der Waals surface area contributed by atoms with Crippen molar-refractivity contribution in [3.63, 3.8) is 0 Å². The van der Waals surface area contributed by atoms with E-state index >= 15 is 4.79 Å². The molecule has 5 rings (SSSR count). The number of hydrogen-bond acceptors (Lipinski definition) is 7. The van der Waals surface area contributed by atoms with Gasteiger partial charge in [-0.05, 0) is 52.8 Å². The van der Waals surface area contributed by atoms with Crippen molar-refractivity contribution in [1.29, 1.82) is 0 Å². The summed E-state index contributed by atoms with van der Waals surface area (Å²) in [7, 11) is 3.29. The van der Waals surface area contributed by atoms with Crippen molar-refractivity contribution in [3.8, 4) is 0 Å². The first-order valence-electron chi connectivity index (χ1n) is 18.1. The Hall–Kier alpha value is -3.83. The second-order valence-corrected chi connectivity index (χ2v) is 13.0. The normalized spacial score (nSPS) is 19.5. The van der Waals surface area contributed by atoms with E-state index < -0.39 is 18.2 Å². The molecule has 4 atom stereocenters. The average Bonchev–Trinajstić information content (AvgIpc) is 3.24. The molecule has 0 spiro atoms. The van der Waals surface area contributed by atoms with E-state index in [1.807, 2.05) is 58.3 Å². The molecular weight excluding hydrogens is 644 g/mol. The van der Waals surface area contributed by atoms with Gasteiger partial charge < -0.3 is 38.2 Å². The number of benzene rings is 4. The summed E-state index contributed by atoms with van der Waals surface area (Å²) in [4.78, 5) is 19.3. The number of carbonyl (C=O) groups is 1. The number of ether oxygens (including phenoxy) is 6. The first kappa shape index (κ1) is 38.4. The topological polar surface area (TPSA) is 78.9 Å².